The van der Waals surface area contributed by atoms with Gasteiger partial charge in [0.05, 0.1) is 6.61 Å². The molecule has 0 radical (unpaired) electrons. The van der Waals surface area contributed by atoms with Crippen LogP contribution in [-0.4, -0.2) is 30.3 Å². The molecular weight excluding hydrogens is 274 g/mol. The highest BCUT2D eigenvalue weighted by Crippen LogP contribution is 2.18. The van der Waals surface area contributed by atoms with Crippen molar-refractivity contribution in [3.63, 3.8) is 0 Å². The van der Waals surface area contributed by atoms with Crippen LogP contribution in [0.4, 0.5) is 0 Å². The monoisotopic (exact) mass is 295 g/mol. The molecule has 0 spiro atoms. The quantitative estimate of drug-likeness (QED) is 0.620. The first kappa shape index (κ1) is 16.6. The number of rotatable bonds is 7. The lowest BCUT2D eigenvalue weighted by Gasteiger charge is -2.12. The second-order valence-electron chi connectivity index (χ2n) is 4.45. The lowest BCUT2D eigenvalue weighted by atomic mass is 10.2. The highest BCUT2D eigenvalue weighted by atomic mass is 32.2. The molecule has 0 heterocycles. The summed E-state index contributed by atoms with van der Waals surface area (Å²) in [5, 5.41) is 2.63. The van der Waals surface area contributed by atoms with Gasteiger partial charge in [0.1, 0.15) is 6.04 Å². The van der Waals surface area contributed by atoms with E-state index in [4.69, 9.17) is 4.74 Å². The smallest absolute Gasteiger partial charge is 0.328 e. The summed E-state index contributed by atoms with van der Waals surface area (Å²) in [7, 11) is 0. The number of carbonyl (C=O) groups is 2. The zero-order valence-electron chi connectivity index (χ0n) is 12.1. The number of hydrogen-bond acceptors (Lipinski definition) is 4. The van der Waals surface area contributed by atoms with E-state index in [0.29, 0.717) is 18.8 Å². The van der Waals surface area contributed by atoms with E-state index >= 15 is 0 Å². The van der Waals surface area contributed by atoms with E-state index in [1.165, 1.54) is 5.56 Å². The Hall–Kier alpha value is -1.49. The number of benzene rings is 1. The van der Waals surface area contributed by atoms with Gasteiger partial charge in [-0.2, -0.15) is 0 Å². The van der Waals surface area contributed by atoms with Gasteiger partial charge in [0.2, 0.25) is 5.91 Å². The topological polar surface area (TPSA) is 55.4 Å². The molecule has 0 aromatic heterocycles. The van der Waals surface area contributed by atoms with E-state index in [2.05, 4.69) is 5.32 Å². The predicted octanol–water partition coefficient (Wildman–Crippen LogP) is 2.55. The summed E-state index contributed by atoms with van der Waals surface area (Å²) in [5.41, 5.74) is 1.22. The minimum atomic E-state index is -0.591. The third kappa shape index (κ3) is 6.10. The summed E-state index contributed by atoms with van der Waals surface area (Å²) < 4.78 is 4.83. The van der Waals surface area contributed by atoms with Crippen LogP contribution in [0.15, 0.2) is 29.2 Å². The van der Waals surface area contributed by atoms with Gasteiger partial charge < -0.3 is 10.1 Å². The van der Waals surface area contributed by atoms with Gasteiger partial charge in [-0.1, -0.05) is 17.7 Å². The van der Waals surface area contributed by atoms with Crippen LogP contribution < -0.4 is 5.32 Å². The third-order valence-corrected chi connectivity index (χ3v) is 3.65. The predicted molar refractivity (Wildman–Crippen MR) is 80.8 cm³/mol. The summed E-state index contributed by atoms with van der Waals surface area (Å²) in [6, 6.07) is 7.58. The standard InChI is InChI=1S/C15H21NO3S/c1-4-19-15(18)12(3)16-14(17)9-10-20-13-7-5-11(2)6-8-13/h5-8,12H,4,9-10H2,1-3H3,(H,16,17). The normalized spacial score (nSPS) is 11.8. The molecule has 1 unspecified atom stereocenters. The number of carbonyl (C=O) groups excluding carboxylic acids is 2. The molecule has 0 fully saturated rings. The first-order chi connectivity index (χ1) is 9.52. The maximum atomic E-state index is 11.7. The minimum Gasteiger partial charge on any atom is -0.464 e. The Bertz CT molecular complexity index is 445. The van der Waals surface area contributed by atoms with Crippen molar-refractivity contribution in [2.24, 2.45) is 0 Å². The third-order valence-electron chi connectivity index (χ3n) is 2.64. The van der Waals surface area contributed by atoms with Crippen LogP contribution >= 0.6 is 11.8 Å². The molecule has 0 saturated heterocycles. The van der Waals surface area contributed by atoms with Crippen LogP contribution in [0.25, 0.3) is 0 Å². The average Bonchev–Trinajstić information content (AvgIpc) is 2.41. The van der Waals surface area contributed by atoms with Gasteiger partial charge in [-0.25, -0.2) is 4.79 Å². The summed E-state index contributed by atoms with van der Waals surface area (Å²) in [4.78, 5) is 24.2. The Kier molecular flexibility index (Phi) is 7.15. The summed E-state index contributed by atoms with van der Waals surface area (Å²) in [6.45, 7) is 5.73. The fourth-order valence-corrected chi connectivity index (χ4v) is 2.39. The van der Waals surface area contributed by atoms with Gasteiger partial charge in [-0.05, 0) is 32.9 Å². The fraction of sp³-hybridized carbons (Fsp3) is 0.467. The number of nitrogens with one attached hydrogen (secondary N) is 1. The fourth-order valence-electron chi connectivity index (χ4n) is 1.54. The lowest BCUT2D eigenvalue weighted by Crippen LogP contribution is -2.39. The van der Waals surface area contributed by atoms with Crippen LogP contribution in [0, 0.1) is 6.92 Å². The van der Waals surface area contributed by atoms with Gasteiger partial charge in [0.15, 0.2) is 0 Å². The number of thioether (sulfide) groups is 1. The molecule has 4 nitrogen and oxygen atoms in total. The molecule has 1 atom stereocenters. The first-order valence-corrected chi connectivity index (χ1v) is 7.67. The Balaban J connectivity index is 2.26. The molecule has 0 saturated carbocycles. The van der Waals surface area contributed by atoms with Crippen molar-refractivity contribution in [2.45, 2.75) is 38.1 Å². The molecule has 0 aliphatic rings. The SMILES string of the molecule is CCOC(=O)C(C)NC(=O)CCSc1ccc(C)cc1. The number of hydrogen-bond donors (Lipinski definition) is 1. The van der Waals surface area contributed by atoms with Crippen LogP contribution in [0.2, 0.25) is 0 Å². The molecule has 20 heavy (non-hydrogen) atoms. The van der Waals surface area contributed by atoms with Crippen molar-refractivity contribution in [2.75, 3.05) is 12.4 Å². The van der Waals surface area contributed by atoms with Crippen molar-refractivity contribution in [3.05, 3.63) is 29.8 Å². The number of ether oxygens (including phenoxy) is 1. The highest BCUT2D eigenvalue weighted by Gasteiger charge is 2.15. The summed E-state index contributed by atoms with van der Waals surface area (Å²) in [5.74, 6) is 0.155. The second-order valence-corrected chi connectivity index (χ2v) is 5.62. The number of amides is 1. The van der Waals surface area contributed by atoms with Crippen LogP contribution in [0.1, 0.15) is 25.8 Å². The van der Waals surface area contributed by atoms with Crippen molar-refractivity contribution in [3.8, 4) is 0 Å². The van der Waals surface area contributed by atoms with Gasteiger partial charge in [-0.15, -0.1) is 11.8 Å². The molecule has 1 aromatic carbocycles. The molecule has 1 N–H and O–H groups in total. The summed E-state index contributed by atoms with van der Waals surface area (Å²) >= 11 is 1.63. The van der Waals surface area contributed by atoms with E-state index in [1.54, 1.807) is 25.6 Å². The summed E-state index contributed by atoms with van der Waals surface area (Å²) in [6.07, 6.45) is 0.377. The van der Waals surface area contributed by atoms with E-state index in [0.717, 1.165) is 4.90 Å². The maximum Gasteiger partial charge on any atom is 0.328 e. The van der Waals surface area contributed by atoms with E-state index in [9.17, 15) is 9.59 Å². The second kappa shape index (κ2) is 8.64. The Morgan fingerprint density at radius 3 is 2.55 bits per heavy atom. The number of esters is 1. The molecule has 1 aromatic rings. The molecule has 1 rings (SSSR count). The molecule has 0 bridgehead atoms. The Labute approximate surface area is 124 Å². The Morgan fingerprint density at radius 2 is 1.95 bits per heavy atom. The largest absolute Gasteiger partial charge is 0.464 e. The van der Waals surface area contributed by atoms with Crippen LogP contribution in [0.3, 0.4) is 0 Å². The zero-order valence-corrected chi connectivity index (χ0v) is 13.0. The van der Waals surface area contributed by atoms with Crippen LogP contribution in [-0.2, 0) is 14.3 Å². The molecule has 0 aliphatic heterocycles. The van der Waals surface area contributed by atoms with E-state index < -0.39 is 12.0 Å². The van der Waals surface area contributed by atoms with Gasteiger partial charge >= 0.3 is 5.97 Å². The maximum absolute atomic E-state index is 11.7. The minimum absolute atomic E-state index is 0.134. The van der Waals surface area contributed by atoms with E-state index in [1.807, 2.05) is 31.2 Å². The average molecular weight is 295 g/mol. The highest BCUT2D eigenvalue weighted by molar-refractivity contribution is 7.99. The van der Waals surface area contributed by atoms with Crippen molar-refractivity contribution < 1.29 is 14.3 Å². The molecule has 110 valence electrons. The van der Waals surface area contributed by atoms with Gasteiger partial charge in [0, 0.05) is 17.1 Å². The Morgan fingerprint density at radius 1 is 1.30 bits per heavy atom. The first-order valence-electron chi connectivity index (χ1n) is 6.68. The molecule has 1 amide bonds. The lowest BCUT2D eigenvalue weighted by molar-refractivity contribution is -0.146. The molecule has 5 heteroatoms. The molecule has 0 aliphatic carbocycles. The van der Waals surface area contributed by atoms with Crippen molar-refractivity contribution in [1.82, 2.24) is 5.32 Å². The molecular formula is C15H21NO3S. The van der Waals surface area contributed by atoms with Gasteiger partial charge in [0.25, 0.3) is 0 Å². The van der Waals surface area contributed by atoms with E-state index in [-0.39, 0.29) is 5.91 Å². The van der Waals surface area contributed by atoms with Crippen LogP contribution in [0.5, 0.6) is 0 Å². The number of aryl methyl sites for hydroxylation is 1. The van der Waals surface area contributed by atoms with Crippen molar-refractivity contribution in [1.29, 1.82) is 0 Å². The van der Waals surface area contributed by atoms with Gasteiger partial charge in [-0.3, -0.25) is 4.79 Å². The zero-order chi connectivity index (χ0) is 15.0. The van der Waals surface area contributed by atoms with Crippen molar-refractivity contribution >= 4 is 23.6 Å².